The van der Waals surface area contributed by atoms with Crippen LogP contribution < -0.4 is 4.74 Å². The van der Waals surface area contributed by atoms with E-state index in [1.54, 1.807) is 13.2 Å². The van der Waals surface area contributed by atoms with E-state index < -0.39 is 0 Å². The van der Waals surface area contributed by atoms with E-state index in [-0.39, 0.29) is 18.3 Å². The highest BCUT2D eigenvalue weighted by Crippen LogP contribution is 2.23. The summed E-state index contributed by atoms with van der Waals surface area (Å²) in [4.78, 5) is 0. The summed E-state index contributed by atoms with van der Waals surface area (Å²) < 4.78 is 18.2. The second-order valence-electron chi connectivity index (χ2n) is 5.04. The van der Waals surface area contributed by atoms with Crippen LogP contribution in [0.1, 0.15) is 11.1 Å². The molecule has 0 heterocycles. The molecule has 1 N–H and O–H groups in total. The average molecular weight is 309 g/mol. The largest absolute Gasteiger partial charge is 0.497 e. The van der Waals surface area contributed by atoms with E-state index in [1.807, 2.05) is 24.3 Å². The first-order chi connectivity index (χ1) is 10.1. The van der Waals surface area contributed by atoms with Crippen molar-refractivity contribution in [1.29, 1.82) is 0 Å². The minimum atomic E-state index is -0.348. The molecule has 112 valence electrons. The number of aliphatic hydroxyl groups is 1. The van der Waals surface area contributed by atoms with Crippen molar-refractivity contribution in [3.63, 3.8) is 0 Å². The summed E-state index contributed by atoms with van der Waals surface area (Å²) in [6.45, 7) is 0.0553. The summed E-state index contributed by atoms with van der Waals surface area (Å²) >= 11 is 6.03. The molecule has 1 unspecified atom stereocenters. The van der Waals surface area contributed by atoms with Crippen LogP contribution in [0.3, 0.4) is 0 Å². The SMILES string of the molecule is COc1ccc(CC(CO)Cc2ccc(F)cc2Cl)cc1. The third-order valence-corrected chi connectivity index (χ3v) is 3.82. The van der Waals surface area contributed by atoms with Crippen LogP contribution in [-0.2, 0) is 12.8 Å². The van der Waals surface area contributed by atoms with Crippen LogP contribution in [0.2, 0.25) is 5.02 Å². The lowest BCUT2D eigenvalue weighted by Gasteiger charge is -2.15. The number of rotatable bonds is 6. The molecule has 2 nitrogen and oxygen atoms in total. The van der Waals surface area contributed by atoms with Crippen molar-refractivity contribution in [2.24, 2.45) is 5.92 Å². The number of aliphatic hydroxyl groups excluding tert-OH is 1. The molecule has 2 aromatic carbocycles. The lowest BCUT2D eigenvalue weighted by molar-refractivity contribution is 0.225. The fourth-order valence-corrected chi connectivity index (χ4v) is 2.54. The third-order valence-electron chi connectivity index (χ3n) is 3.47. The molecule has 0 aliphatic heterocycles. The van der Waals surface area contributed by atoms with Crippen molar-refractivity contribution in [1.82, 2.24) is 0 Å². The van der Waals surface area contributed by atoms with Gasteiger partial charge in [-0.05, 0) is 54.2 Å². The number of benzene rings is 2. The highest BCUT2D eigenvalue weighted by molar-refractivity contribution is 6.31. The van der Waals surface area contributed by atoms with E-state index in [1.165, 1.54) is 12.1 Å². The van der Waals surface area contributed by atoms with Gasteiger partial charge in [-0.15, -0.1) is 0 Å². The number of methoxy groups -OCH3 is 1. The maximum Gasteiger partial charge on any atom is 0.124 e. The fourth-order valence-electron chi connectivity index (χ4n) is 2.29. The fraction of sp³-hybridized carbons (Fsp3) is 0.294. The van der Waals surface area contributed by atoms with Gasteiger partial charge in [-0.25, -0.2) is 4.39 Å². The van der Waals surface area contributed by atoms with Gasteiger partial charge in [0.15, 0.2) is 0 Å². The van der Waals surface area contributed by atoms with Crippen molar-refractivity contribution in [3.8, 4) is 5.75 Å². The highest BCUT2D eigenvalue weighted by Gasteiger charge is 2.12. The zero-order chi connectivity index (χ0) is 15.2. The first kappa shape index (κ1) is 15.8. The van der Waals surface area contributed by atoms with Crippen LogP contribution >= 0.6 is 11.6 Å². The predicted molar refractivity (Wildman–Crippen MR) is 82.4 cm³/mol. The van der Waals surface area contributed by atoms with Gasteiger partial charge in [-0.3, -0.25) is 0 Å². The molecule has 0 amide bonds. The van der Waals surface area contributed by atoms with Gasteiger partial charge in [-0.1, -0.05) is 29.8 Å². The summed E-state index contributed by atoms with van der Waals surface area (Å²) in [7, 11) is 1.63. The minimum absolute atomic E-state index is 0.0429. The van der Waals surface area contributed by atoms with E-state index in [2.05, 4.69) is 0 Å². The molecule has 0 saturated carbocycles. The molecule has 0 aromatic heterocycles. The van der Waals surface area contributed by atoms with Crippen LogP contribution in [0.25, 0.3) is 0 Å². The maximum atomic E-state index is 13.0. The Morgan fingerprint density at radius 3 is 2.43 bits per heavy atom. The number of hydrogen-bond acceptors (Lipinski definition) is 2. The third kappa shape index (κ3) is 4.45. The molecule has 0 bridgehead atoms. The smallest absolute Gasteiger partial charge is 0.124 e. The van der Waals surface area contributed by atoms with Crippen LogP contribution in [0.15, 0.2) is 42.5 Å². The van der Waals surface area contributed by atoms with E-state index in [0.717, 1.165) is 23.3 Å². The summed E-state index contributed by atoms with van der Waals surface area (Å²) in [5, 5.41) is 9.96. The first-order valence-corrected chi connectivity index (χ1v) is 7.18. The molecule has 0 spiro atoms. The Morgan fingerprint density at radius 1 is 1.14 bits per heavy atom. The molecule has 4 heteroatoms. The summed E-state index contributed by atoms with van der Waals surface area (Å²) in [6, 6.07) is 12.1. The molecular formula is C17H18ClFO2. The van der Waals surface area contributed by atoms with Crippen LogP contribution in [-0.4, -0.2) is 18.8 Å². The molecule has 2 rings (SSSR count). The van der Waals surface area contributed by atoms with E-state index in [4.69, 9.17) is 16.3 Å². The molecule has 21 heavy (non-hydrogen) atoms. The van der Waals surface area contributed by atoms with Gasteiger partial charge in [0, 0.05) is 11.6 Å². The second kappa shape index (κ2) is 7.43. The van der Waals surface area contributed by atoms with Crippen molar-refractivity contribution in [2.75, 3.05) is 13.7 Å². The van der Waals surface area contributed by atoms with Gasteiger partial charge >= 0.3 is 0 Å². The summed E-state index contributed by atoms with van der Waals surface area (Å²) in [5.41, 5.74) is 1.97. The summed E-state index contributed by atoms with van der Waals surface area (Å²) in [5.74, 6) is 0.502. The number of ether oxygens (including phenoxy) is 1. The van der Waals surface area contributed by atoms with Gasteiger partial charge in [0.25, 0.3) is 0 Å². The van der Waals surface area contributed by atoms with E-state index in [9.17, 15) is 9.50 Å². The van der Waals surface area contributed by atoms with E-state index in [0.29, 0.717) is 11.4 Å². The Balaban J connectivity index is 2.05. The maximum absolute atomic E-state index is 13.0. The van der Waals surface area contributed by atoms with Crippen molar-refractivity contribution < 1.29 is 14.2 Å². The van der Waals surface area contributed by atoms with Crippen molar-refractivity contribution in [3.05, 3.63) is 64.4 Å². The van der Waals surface area contributed by atoms with Gasteiger partial charge in [0.05, 0.1) is 7.11 Å². The normalized spacial score (nSPS) is 12.2. The van der Waals surface area contributed by atoms with Crippen LogP contribution in [0.4, 0.5) is 4.39 Å². The molecule has 0 saturated heterocycles. The average Bonchev–Trinajstić information content (AvgIpc) is 2.49. The van der Waals surface area contributed by atoms with Gasteiger partial charge in [0.2, 0.25) is 0 Å². The molecule has 0 aliphatic carbocycles. The Hall–Kier alpha value is -1.58. The zero-order valence-corrected chi connectivity index (χ0v) is 12.6. The highest BCUT2D eigenvalue weighted by atomic mass is 35.5. The quantitative estimate of drug-likeness (QED) is 0.877. The van der Waals surface area contributed by atoms with Crippen molar-refractivity contribution >= 4 is 11.6 Å². The number of hydrogen-bond donors (Lipinski definition) is 1. The van der Waals surface area contributed by atoms with Crippen LogP contribution in [0, 0.1) is 11.7 Å². The zero-order valence-electron chi connectivity index (χ0n) is 11.9. The Labute approximate surface area is 129 Å². The minimum Gasteiger partial charge on any atom is -0.497 e. The topological polar surface area (TPSA) is 29.5 Å². The standard InChI is InChI=1S/C17H18ClFO2/c1-21-16-6-2-12(3-7-16)8-13(11-20)9-14-4-5-15(19)10-17(14)18/h2-7,10,13,20H,8-9,11H2,1H3. The molecule has 0 radical (unpaired) electrons. The monoisotopic (exact) mass is 308 g/mol. The van der Waals surface area contributed by atoms with Gasteiger partial charge in [-0.2, -0.15) is 0 Å². The Morgan fingerprint density at radius 2 is 1.86 bits per heavy atom. The number of halogens is 2. The molecule has 2 aromatic rings. The molecular weight excluding hydrogens is 291 g/mol. The van der Waals surface area contributed by atoms with Gasteiger partial charge < -0.3 is 9.84 Å². The first-order valence-electron chi connectivity index (χ1n) is 6.80. The lowest BCUT2D eigenvalue weighted by Crippen LogP contribution is -2.13. The molecule has 0 aliphatic rings. The second-order valence-corrected chi connectivity index (χ2v) is 5.45. The van der Waals surface area contributed by atoms with Crippen molar-refractivity contribution in [2.45, 2.75) is 12.8 Å². The van der Waals surface area contributed by atoms with E-state index >= 15 is 0 Å². The Bertz CT molecular complexity index is 584. The molecule has 0 fully saturated rings. The lowest BCUT2D eigenvalue weighted by atomic mass is 9.93. The van der Waals surface area contributed by atoms with Gasteiger partial charge in [0.1, 0.15) is 11.6 Å². The molecule has 1 atom stereocenters. The summed E-state index contributed by atoms with van der Waals surface area (Å²) in [6.07, 6.45) is 1.34. The predicted octanol–water partition coefficient (Wildman–Crippen LogP) is 3.88. The Kier molecular flexibility index (Phi) is 5.59. The van der Waals surface area contributed by atoms with Crippen LogP contribution in [0.5, 0.6) is 5.75 Å².